The van der Waals surface area contributed by atoms with Crippen LogP contribution in [0.25, 0.3) is 11.5 Å². The fourth-order valence-electron chi connectivity index (χ4n) is 2.14. The van der Waals surface area contributed by atoms with Crippen LogP contribution < -0.4 is 0 Å². The SMILES string of the molecule is Cc1ccnc(-c2cc(Cc3ccccc3F)ccn2)n1. The Labute approximate surface area is 122 Å². The molecule has 3 aromatic rings. The van der Waals surface area contributed by atoms with Gasteiger partial charge in [-0.2, -0.15) is 0 Å². The molecule has 0 atom stereocenters. The lowest BCUT2D eigenvalue weighted by Gasteiger charge is -2.05. The minimum Gasteiger partial charge on any atom is -0.253 e. The van der Waals surface area contributed by atoms with Crippen LogP contribution in [0.2, 0.25) is 0 Å². The van der Waals surface area contributed by atoms with Gasteiger partial charge in [0.25, 0.3) is 0 Å². The first-order valence-corrected chi connectivity index (χ1v) is 6.71. The number of pyridine rings is 1. The molecule has 0 amide bonds. The number of hydrogen-bond donors (Lipinski definition) is 0. The molecule has 0 radical (unpaired) electrons. The number of nitrogens with zero attached hydrogens (tertiary/aromatic N) is 3. The second-order valence-electron chi connectivity index (χ2n) is 4.84. The summed E-state index contributed by atoms with van der Waals surface area (Å²) >= 11 is 0. The minimum absolute atomic E-state index is 0.192. The zero-order valence-electron chi connectivity index (χ0n) is 11.6. The topological polar surface area (TPSA) is 38.7 Å². The van der Waals surface area contributed by atoms with Crippen molar-refractivity contribution >= 4 is 0 Å². The third-order valence-electron chi connectivity index (χ3n) is 3.20. The Morgan fingerprint density at radius 2 is 1.81 bits per heavy atom. The molecule has 0 unspecified atom stereocenters. The van der Waals surface area contributed by atoms with Gasteiger partial charge in [-0.3, -0.25) is 4.98 Å². The summed E-state index contributed by atoms with van der Waals surface area (Å²) in [6, 6.07) is 12.4. The van der Waals surface area contributed by atoms with Gasteiger partial charge < -0.3 is 0 Å². The molecule has 3 rings (SSSR count). The highest BCUT2D eigenvalue weighted by Gasteiger charge is 2.06. The molecule has 2 aromatic heterocycles. The van der Waals surface area contributed by atoms with Gasteiger partial charge in [-0.15, -0.1) is 0 Å². The first kappa shape index (κ1) is 13.4. The van der Waals surface area contributed by atoms with Crippen LogP contribution in [0.3, 0.4) is 0 Å². The standard InChI is InChI=1S/C17H14FN3/c1-12-6-8-20-17(21-12)16-11-13(7-9-19-16)10-14-4-2-3-5-15(14)18/h2-9,11H,10H2,1H3. The number of benzene rings is 1. The van der Waals surface area contributed by atoms with Crippen molar-refractivity contribution < 1.29 is 4.39 Å². The normalized spacial score (nSPS) is 10.6. The molecule has 0 N–H and O–H groups in total. The summed E-state index contributed by atoms with van der Waals surface area (Å²) in [6.07, 6.45) is 3.94. The van der Waals surface area contributed by atoms with Crippen LogP contribution in [-0.4, -0.2) is 15.0 Å². The van der Waals surface area contributed by atoms with Gasteiger partial charge in [0.15, 0.2) is 5.82 Å². The van der Waals surface area contributed by atoms with Crippen LogP contribution in [0.5, 0.6) is 0 Å². The van der Waals surface area contributed by atoms with Crippen LogP contribution in [0.15, 0.2) is 54.9 Å². The van der Waals surface area contributed by atoms with E-state index < -0.39 is 0 Å². The average Bonchev–Trinajstić information content (AvgIpc) is 2.50. The molecular weight excluding hydrogens is 265 g/mol. The second kappa shape index (κ2) is 5.79. The average molecular weight is 279 g/mol. The summed E-state index contributed by atoms with van der Waals surface area (Å²) in [5.41, 5.74) is 3.24. The van der Waals surface area contributed by atoms with E-state index in [-0.39, 0.29) is 5.82 Å². The van der Waals surface area contributed by atoms with Crippen molar-refractivity contribution in [3.05, 3.63) is 77.5 Å². The first-order chi connectivity index (χ1) is 10.2. The third-order valence-corrected chi connectivity index (χ3v) is 3.20. The smallest absolute Gasteiger partial charge is 0.178 e. The molecule has 0 saturated heterocycles. The van der Waals surface area contributed by atoms with Crippen molar-refractivity contribution in [3.63, 3.8) is 0 Å². The Bertz CT molecular complexity index is 771. The predicted octanol–water partition coefficient (Wildman–Crippen LogP) is 3.58. The van der Waals surface area contributed by atoms with Crippen molar-refractivity contribution in [2.24, 2.45) is 0 Å². The van der Waals surface area contributed by atoms with E-state index in [1.807, 2.05) is 31.2 Å². The van der Waals surface area contributed by atoms with Gasteiger partial charge in [-0.25, -0.2) is 14.4 Å². The maximum absolute atomic E-state index is 13.7. The summed E-state index contributed by atoms with van der Waals surface area (Å²) in [5, 5.41) is 0. The summed E-state index contributed by atoms with van der Waals surface area (Å²) in [6.45, 7) is 1.91. The van der Waals surface area contributed by atoms with E-state index >= 15 is 0 Å². The van der Waals surface area contributed by atoms with Gasteiger partial charge in [0.2, 0.25) is 0 Å². The maximum atomic E-state index is 13.7. The molecule has 0 saturated carbocycles. The predicted molar refractivity (Wildman–Crippen MR) is 79.2 cm³/mol. The number of aromatic nitrogens is 3. The lowest BCUT2D eigenvalue weighted by molar-refractivity contribution is 0.614. The molecular formula is C17H14FN3. The van der Waals surface area contributed by atoms with Gasteiger partial charge in [-0.05, 0) is 42.3 Å². The van der Waals surface area contributed by atoms with E-state index in [0.29, 0.717) is 23.5 Å². The van der Waals surface area contributed by atoms with Gasteiger partial charge >= 0.3 is 0 Å². The Morgan fingerprint density at radius 3 is 2.62 bits per heavy atom. The van der Waals surface area contributed by atoms with Gasteiger partial charge in [0.1, 0.15) is 11.5 Å². The van der Waals surface area contributed by atoms with Crippen molar-refractivity contribution in [1.29, 1.82) is 0 Å². The molecule has 0 aliphatic carbocycles. The Hall–Kier alpha value is -2.62. The number of halogens is 1. The van der Waals surface area contributed by atoms with E-state index in [1.54, 1.807) is 24.5 Å². The minimum atomic E-state index is -0.192. The molecule has 21 heavy (non-hydrogen) atoms. The van der Waals surface area contributed by atoms with Crippen LogP contribution in [0, 0.1) is 12.7 Å². The Balaban J connectivity index is 1.92. The lowest BCUT2D eigenvalue weighted by Crippen LogP contribution is -1.96. The Morgan fingerprint density at radius 1 is 1.00 bits per heavy atom. The van der Waals surface area contributed by atoms with E-state index in [9.17, 15) is 4.39 Å². The summed E-state index contributed by atoms with van der Waals surface area (Å²) in [4.78, 5) is 12.9. The van der Waals surface area contributed by atoms with Crippen LogP contribution in [-0.2, 0) is 6.42 Å². The van der Waals surface area contributed by atoms with Gasteiger partial charge in [-0.1, -0.05) is 18.2 Å². The Kier molecular flexibility index (Phi) is 3.69. The van der Waals surface area contributed by atoms with E-state index in [1.165, 1.54) is 6.07 Å². The number of hydrogen-bond acceptors (Lipinski definition) is 3. The maximum Gasteiger partial charge on any atom is 0.178 e. The van der Waals surface area contributed by atoms with E-state index in [0.717, 1.165) is 11.3 Å². The van der Waals surface area contributed by atoms with Crippen LogP contribution in [0.1, 0.15) is 16.8 Å². The molecule has 104 valence electrons. The molecule has 0 aliphatic rings. The summed E-state index contributed by atoms with van der Waals surface area (Å²) in [7, 11) is 0. The quantitative estimate of drug-likeness (QED) is 0.735. The zero-order valence-corrected chi connectivity index (χ0v) is 11.6. The van der Waals surface area contributed by atoms with Crippen molar-refractivity contribution in [2.45, 2.75) is 13.3 Å². The highest BCUT2D eigenvalue weighted by Crippen LogP contribution is 2.17. The molecule has 0 fully saturated rings. The first-order valence-electron chi connectivity index (χ1n) is 6.71. The molecule has 4 heteroatoms. The highest BCUT2D eigenvalue weighted by molar-refractivity contribution is 5.50. The fraction of sp³-hybridized carbons (Fsp3) is 0.118. The van der Waals surface area contributed by atoms with Crippen molar-refractivity contribution in [1.82, 2.24) is 15.0 Å². The molecule has 0 aliphatic heterocycles. The number of rotatable bonds is 3. The molecule has 2 heterocycles. The summed E-state index contributed by atoms with van der Waals surface area (Å²) < 4.78 is 13.7. The van der Waals surface area contributed by atoms with E-state index in [4.69, 9.17) is 0 Å². The largest absolute Gasteiger partial charge is 0.253 e. The van der Waals surface area contributed by atoms with Crippen LogP contribution >= 0.6 is 0 Å². The molecule has 0 bridgehead atoms. The fourth-order valence-corrected chi connectivity index (χ4v) is 2.14. The van der Waals surface area contributed by atoms with Crippen molar-refractivity contribution in [3.8, 4) is 11.5 Å². The van der Waals surface area contributed by atoms with Crippen molar-refractivity contribution in [2.75, 3.05) is 0 Å². The zero-order chi connectivity index (χ0) is 14.7. The highest BCUT2D eigenvalue weighted by atomic mass is 19.1. The summed E-state index contributed by atoms with van der Waals surface area (Å²) in [5.74, 6) is 0.396. The van der Waals surface area contributed by atoms with Gasteiger partial charge in [0.05, 0.1) is 0 Å². The van der Waals surface area contributed by atoms with E-state index in [2.05, 4.69) is 15.0 Å². The monoisotopic (exact) mass is 279 g/mol. The molecule has 3 nitrogen and oxygen atoms in total. The molecule has 0 spiro atoms. The second-order valence-corrected chi connectivity index (χ2v) is 4.84. The lowest BCUT2D eigenvalue weighted by atomic mass is 10.0. The molecule has 1 aromatic carbocycles. The number of aryl methyl sites for hydroxylation is 1. The third kappa shape index (κ3) is 3.11. The van der Waals surface area contributed by atoms with Crippen LogP contribution in [0.4, 0.5) is 4.39 Å². The van der Waals surface area contributed by atoms with Gasteiger partial charge in [0, 0.05) is 24.5 Å².